The average Bonchev–Trinajstić information content (AvgIpc) is 2.77. The number of anilines is 1. The highest BCUT2D eigenvalue weighted by Crippen LogP contribution is 2.26. The minimum atomic E-state index is -4.01. The first-order valence-corrected chi connectivity index (χ1v) is 11.0. The number of ether oxygens (including phenoxy) is 1. The van der Waals surface area contributed by atoms with E-state index in [4.69, 9.17) is 16.3 Å². The van der Waals surface area contributed by atoms with Crippen molar-refractivity contribution >= 4 is 33.2 Å². The minimum absolute atomic E-state index is 0.00132. The zero-order chi connectivity index (χ0) is 22.3. The molecule has 3 aromatic rings. The monoisotopic (exact) mass is 454 g/mol. The maximum atomic E-state index is 12.8. The summed E-state index contributed by atoms with van der Waals surface area (Å²) in [7, 11) is -2.49. The summed E-state index contributed by atoms with van der Waals surface area (Å²) < 4.78 is 33.1. The fraction of sp³-hybridized carbons (Fsp3) is 0.0870. The van der Waals surface area contributed by atoms with Crippen molar-refractivity contribution in [2.75, 3.05) is 18.4 Å². The Balaban J connectivity index is 1.72. The van der Waals surface area contributed by atoms with Crippen LogP contribution in [-0.4, -0.2) is 28.0 Å². The molecule has 3 rings (SSSR count). The standard InChI is InChI=1S/C23H19ClN2O4S/c1-30-20-12-10-19(11-13-20)26-31(28,29)22-16-18(9-14-21(22)24)23(27)25-15-5-8-17-6-3-2-4-7-17/h2-4,6-7,9-14,16,26H,15H2,1H3,(H,25,27). The van der Waals surface area contributed by atoms with Crippen molar-refractivity contribution < 1.29 is 17.9 Å². The highest BCUT2D eigenvalue weighted by Gasteiger charge is 2.20. The van der Waals surface area contributed by atoms with Gasteiger partial charge in [0, 0.05) is 16.8 Å². The van der Waals surface area contributed by atoms with Gasteiger partial charge in [-0.15, -0.1) is 0 Å². The van der Waals surface area contributed by atoms with Crippen LogP contribution in [0.3, 0.4) is 0 Å². The molecule has 2 N–H and O–H groups in total. The number of hydrogen-bond acceptors (Lipinski definition) is 4. The maximum Gasteiger partial charge on any atom is 0.263 e. The van der Waals surface area contributed by atoms with E-state index in [1.54, 1.807) is 24.3 Å². The fourth-order valence-corrected chi connectivity index (χ4v) is 4.20. The molecule has 0 atom stereocenters. The number of benzene rings is 3. The third-order valence-electron chi connectivity index (χ3n) is 4.17. The number of rotatable bonds is 6. The molecular weight excluding hydrogens is 436 g/mol. The molecular formula is C23H19ClN2O4S. The van der Waals surface area contributed by atoms with E-state index >= 15 is 0 Å². The predicted molar refractivity (Wildman–Crippen MR) is 121 cm³/mol. The molecule has 1 amide bonds. The third kappa shape index (κ3) is 6.01. The summed E-state index contributed by atoms with van der Waals surface area (Å²) in [6, 6.07) is 19.8. The van der Waals surface area contributed by atoms with Gasteiger partial charge in [-0.2, -0.15) is 0 Å². The van der Waals surface area contributed by atoms with Crippen molar-refractivity contribution in [1.82, 2.24) is 5.32 Å². The van der Waals surface area contributed by atoms with E-state index in [1.807, 2.05) is 30.3 Å². The van der Waals surface area contributed by atoms with Crippen LogP contribution in [0.4, 0.5) is 5.69 Å². The van der Waals surface area contributed by atoms with E-state index in [0.717, 1.165) is 5.56 Å². The first-order chi connectivity index (χ1) is 14.9. The molecule has 0 radical (unpaired) electrons. The molecule has 0 heterocycles. The summed E-state index contributed by atoms with van der Waals surface area (Å²) in [5.74, 6) is 5.92. The van der Waals surface area contributed by atoms with Crippen LogP contribution in [-0.2, 0) is 10.0 Å². The Morgan fingerprint density at radius 2 is 1.74 bits per heavy atom. The second-order valence-corrected chi connectivity index (χ2v) is 8.39. The Kier molecular flexibility index (Phi) is 7.19. The summed E-state index contributed by atoms with van der Waals surface area (Å²) in [4.78, 5) is 12.2. The van der Waals surface area contributed by atoms with Crippen molar-refractivity contribution in [3.63, 3.8) is 0 Å². The Labute approximate surface area is 186 Å². The molecule has 3 aromatic carbocycles. The van der Waals surface area contributed by atoms with E-state index in [2.05, 4.69) is 21.9 Å². The van der Waals surface area contributed by atoms with Gasteiger partial charge in [-0.25, -0.2) is 8.42 Å². The first-order valence-electron chi connectivity index (χ1n) is 9.17. The third-order valence-corrected chi connectivity index (χ3v) is 6.03. The van der Waals surface area contributed by atoms with Gasteiger partial charge in [-0.3, -0.25) is 9.52 Å². The van der Waals surface area contributed by atoms with Crippen molar-refractivity contribution in [3.05, 3.63) is 88.9 Å². The van der Waals surface area contributed by atoms with Gasteiger partial charge in [0.15, 0.2) is 0 Å². The molecule has 0 aliphatic rings. The fourth-order valence-electron chi connectivity index (χ4n) is 2.61. The molecule has 0 fully saturated rings. The Bertz CT molecular complexity index is 1230. The van der Waals surface area contributed by atoms with Crippen molar-refractivity contribution in [3.8, 4) is 17.6 Å². The van der Waals surface area contributed by atoms with Crippen LogP contribution in [0.25, 0.3) is 0 Å². The molecule has 0 saturated carbocycles. The van der Waals surface area contributed by atoms with Crippen LogP contribution in [0.2, 0.25) is 5.02 Å². The topological polar surface area (TPSA) is 84.5 Å². The van der Waals surface area contributed by atoms with Gasteiger partial charge in [0.1, 0.15) is 10.6 Å². The number of halogens is 1. The lowest BCUT2D eigenvalue weighted by Crippen LogP contribution is -2.24. The van der Waals surface area contributed by atoms with Crippen LogP contribution in [0.15, 0.2) is 77.7 Å². The number of carbonyl (C=O) groups is 1. The van der Waals surface area contributed by atoms with E-state index < -0.39 is 15.9 Å². The lowest BCUT2D eigenvalue weighted by Gasteiger charge is -2.11. The van der Waals surface area contributed by atoms with Gasteiger partial charge in [-0.05, 0) is 54.6 Å². The van der Waals surface area contributed by atoms with E-state index in [-0.39, 0.29) is 22.0 Å². The summed E-state index contributed by atoms with van der Waals surface area (Å²) in [6.07, 6.45) is 0. The summed E-state index contributed by atoms with van der Waals surface area (Å²) in [5, 5.41) is 2.65. The summed E-state index contributed by atoms with van der Waals surface area (Å²) in [5.41, 5.74) is 1.32. The highest BCUT2D eigenvalue weighted by atomic mass is 35.5. The van der Waals surface area contributed by atoms with Gasteiger partial charge in [0.2, 0.25) is 0 Å². The number of sulfonamides is 1. The van der Waals surface area contributed by atoms with Crippen LogP contribution >= 0.6 is 11.6 Å². The molecule has 0 bridgehead atoms. The van der Waals surface area contributed by atoms with E-state index in [0.29, 0.717) is 11.4 Å². The number of hydrogen-bond donors (Lipinski definition) is 2. The van der Waals surface area contributed by atoms with Gasteiger partial charge >= 0.3 is 0 Å². The van der Waals surface area contributed by atoms with Crippen LogP contribution < -0.4 is 14.8 Å². The smallest absolute Gasteiger partial charge is 0.263 e. The number of carbonyl (C=O) groups excluding carboxylic acids is 1. The SMILES string of the molecule is COc1ccc(NS(=O)(=O)c2cc(C(=O)NCC#Cc3ccccc3)ccc2Cl)cc1. The van der Waals surface area contributed by atoms with Crippen LogP contribution in [0, 0.1) is 11.8 Å². The van der Waals surface area contributed by atoms with Crippen LogP contribution in [0.5, 0.6) is 5.75 Å². The lowest BCUT2D eigenvalue weighted by molar-refractivity contribution is 0.0958. The Morgan fingerprint density at radius 3 is 2.42 bits per heavy atom. The number of methoxy groups -OCH3 is 1. The normalized spacial score (nSPS) is 10.5. The first kappa shape index (κ1) is 22.2. The molecule has 158 valence electrons. The molecule has 0 saturated heterocycles. The quantitative estimate of drug-likeness (QED) is 0.553. The van der Waals surface area contributed by atoms with Crippen molar-refractivity contribution in [2.45, 2.75) is 4.90 Å². The largest absolute Gasteiger partial charge is 0.497 e. The molecule has 0 aliphatic carbocycles. The summed E-state index contributed by atoms with van der Waals surface area (Å²) >= 11 is 6.10. The lowest BCUT2D eigenvalue weighted by atomic mass is 10.2. The predicted octanol–water partition coefficient (Wildman–Crippen LogP) is 3.93. The molecule has 8 heteroatoms. The number of amides is 1. The molecule has 6 nitrogen and oxygen atoms in total. The summed E-state index contributed by atoms with van der Waals surface area (Å²) in [6.45, 7) is 0.114. The van der Waals surface area contributed by atoms with Gasteiger partial charge < -0.3 is 10.1 Å². The zero-order valence-corrected chi connectivity index (χ0v) is 18.1. The second-order valence-electron chi connectivity index (χ2n) is 6.33. The van der Waals surface area contributed by atoms with Crippen LogP contribution in [0.1, 0.15) is 15.9 Å². The maximum absolute atomic E-state index is 12.8. The minimum Gasteiger partial charge on any atom is -0.497 e. The van der Waals surface area contributed by atoms with Gasteiger partial charge in [-0.1, -0.05) is 41.6 Å². The van der Waals surface area contributed by atoms with E-state index in [1.165, 1.54) is 25.3 Å². The highest BCUT2D eigenvalue weighted by molar-refractivity contribution is 7.92. The second kappa shape index (κ2) is 10.0. The van der Waals surface area contributed by atoms with E-state index in [9.17, 15) is 13.2 Å². The Morgan fingerprint density at radius 1 is 1.03 bits per heavy atom. The molecule has 0 aliphatic heterocycles. The van der Waals surface area contributed by atoms with Crippen molar-refractivity contribution in [2.24, 2.45) is 0 Å². The van der Waals surface area contributed by atoms with Gasteiger partial charge in [0.25, 0.3) is 15.9 Å². The molecule has 0 spiro atoms. The zero-order valence-electron chi connectivity index (χ0n) is 16.6. The van der Waals surface area contributed by atoms with Gasteiger partial charge in [0.05, 0.1) is 18.7 Å². The Hall–Kier alpha value is -3.47. The number of nitrogens with one attached hydrogen (secondary N) is 2. The molecule has 0 aromatic heterocycles. The average molecular weight is 455 g/mol. The molecule has 0 unspecified atom stereocenters. The molecule has 31 heavy (non-hydrogen) atoms. The van der Waals surface area contributed by atoms with Crippen molar-refractivity contribution in [1.29, 1.82) is 0 Å².